The Kier molecular flexibility index (Phi) is 5.79. The van der Waals surface area contributed by atoms with E-state index in [1.807, 2.05) is 53.7 Å². The van der Waals surface area contributed by atoms with Crippen LogP contribution < -0.4 is 21.3 Å². The molecule has 0 aliphatic heterocycles. The highest BCUT2D eigenvalue weighted by Crippen LogP contribution is 2.25. The Labute approximate surface area is 132 Å². The molecule has 0 spiro atoms. The number of aryl methyl sites for hydroxylation is 1. The van der Waals surface area contributed by atoms with Crippen LogP contribution in [0.4, 0.5) is 21.0 Å². The summed E-state index contributed by atoms with van der Waals surface area (Å²) in [5, 5.41) is 11.1. The minimum absolute atomic E-state index is 0.0321. The molecule has 0 aliphatic carbocycles. The summed E-state index contributed by atoms with van der Waals surface area (Å²) in [4.78, 5) is 23.9. The fourth-order valence-corrected chi connectivity index (χ4v) is 1.84. The van der Waals surface area contributed by atoms with Gasteiger partial charge in [0.15, 0.2) is 0 Å². The molecule has 0 saturated carbocycles. The van der Waals surface area contributed by atoms with Crippen LogP contribution in [0.2, 0.25) is 0 Å². The summed E-state index contributed by atoms with van der Waals surface area (Å²) in [5.74, 6) is 0. The predicted molar refractivity (Wildman–Crippen MR) is 90.4 cm³/mol. The molecule has 1 aromatic rings. The molecule has 4 amide bonds. The van der Waals surface area contributed by atoms with E-state index in [0.29, 0.717) is 11.4 Å². The van der Waals surface area contributed by atoms with E-state index >= 15 is 0 Å². The molecule has 0 aliphatic rings. The van der Waals surface area contributed by atoms with Crippen molar-refractivity contribution in [1.82, 2.24) is 10.6 Å². The Morgan fingerprint density at radius 1 is 1.05 bits per heavy atom. The average Bonchev–Trinajstić information content (AvgIpc) is 2.30. The SMILES string of the molecule is Cc1cccc(NC(=O)NC(C)(C)C)c1NC(=O)NC(C)C. The van der Waals surface area contributed by atoms with Gasteiger partial charge in [-0.1, -0.05) is 12.1 Å². The van der Waals surface area contributed by atoms with Crippen molar-refractivity contribution in [2.24, 2.45) is 0 Å². The molecule has 22 heavy (non-hydrogen) atoms. The molecule has 4 N–H and O–H groups in total. The van der Waals surface area contributed by atoms with Gasteiger partial charge >= 0.3 is 12.1 Å². The van der Waals surface area contributed by atoms with E-state index in [1.165, 1.54) is 0 Å². The van der Waals surface area contributed by atoms with E-state index in [4.69, 9.17) is 0 Å². The molecule has 0 unspecified atom stereocenters. The lowest BCUT2D eigenvalue weighted by Crippen LogP contribution is -2.43. The minimum atomic E-state index is -0.337. The molecule has 0 atom stereocenters. The van der Waals surface area contributed by atoms with Crippen LogP contribution in [0.3, 0.4) is 0 Å². The van der Waals surface area contributed by atoms with E-state index in [9.17, 15) is 9.59 Å². The zero-order valence-electron chi connectivity index (χ0n) is 14.1. The number of para-hydroxylation sites is 1. The highest BCUT2D eigenvalue weighted by molar-refractivity contribution is 5.99. The van der Waals surface area contributed by atoms with E-state index in [1.54, 1.807) is 6.07 Å². The number of benzene rings is 1. The minimum Gasteiger partial charge on any atom is -0.336 e. The number of urea groups is 2. The highest BCUT2D eigenvalue weighted by Gasteiger charge is 2.16. The second-order valence-electron chi connectivity index (χ2n) is 6.58. The lowest BCUT2D eigenvalue weighted by atomic mass is 10.1. The van der Waals surface area contributed by atoms with Crippen LogP contribution in [0, 0.1) is 6.92 Å². The number of nitrogens with one attached hydrogen (secondary N) is 4. The second-order valence-corrected chi connectivity index (χ2v) is 6.58. The molecule has 1 rings (SSSR count). The van der Waals surface area contributed by atoms with E-state index in [0.717, 1.165) is 5.56 Å². The highest BCUT2D eigenvalue weighted by atomic mass is 16.2. The van der Waals surface area contributed by atoms with E-state index < -0.39 is 0 Å². The zero-order valence-corrected chi connectivity index (χ0v) is 14.1. The Morgan fingerprint density at radius 3 is 2.23 bits per heavy atom. The first-order valence-electron chi connectivity index (χ1n) is 7.35. The number of rotatable bonds is 3. The number of hydrogen-bond donors (Lipinski definition) is 4. The summed E-state index contributed by atoms with van der Waals surface area (Å²) in [7, 11) is 0. The van der Waals surface area contributed by atoms with Gasteiger partial charge in [0.05, 0.1) is 11.4 Å². The first-order chi connectivity index (χ1) is 10.1. The van der Waals surface area contributed by atoms with Crippen LogP contribution in [-0.4, -0.2) is 23.6 Å². The van der Waals surface area contributed by atoms with Crippen LogP contribution in [0.25, 0.3) is 0 Å². The topological polar surface area (TPSA) is 82.3 Å². The lowest BCUT2D eigenvalue weighted by molar-refractivity contribution is 0.243. The van der Waals surface area contributed by atoms with Gasteiger partial charge in [-0.25, -0.2) is 9.59 Å². The van der Waals surface area contributed by atoms with Crippen LogP contribution >= 0.6 is 0 Å². The summed E-state index contributed by atoms with van der Waals surface area (Å²) < 4.78 is 0. The Morgan fingerprint density at radius 2 is 1.68 bits per heavy atom. The fourth-order valence-electron chi connectivity index (χ4n) is 1.84. The van der Waals surface area contributed by atoms with Gasteiger partial charge in [-0.05, 0) is 53.2 Å². The molecule has 0 saturated heterocycles. The molecular weight excluding hydrogens is 280 g/mol. The van der Waals surface area contributed by atoms with Gasteiger partial charge in [0, 0.05) is 11.6 Å². The quantitative estimate of drug-likeness (QED) is 0.690. The third-order valence-corrected chi connectivity index (χ3v) is 2.67. The van der Waals surface area contributed by atoms with Crippen molar-refractivity contribution >= 4 is 23.4 Å². The summed E-state index contributed by atoms with van der Waals surface area (Å²) in [5.41, 5.74) is 1.68. The predicted octanol–water partition coefficient (Wildman–Crippen LogP) is 3.44. The van der Waals surface area contributed by atoms with Crippen LogP contribution in [0.1, 0.15) is 40.2 Å². The van der Waals surface area contributed by atoms with Crippen molar-refractivity contribution in [2.75, 3.05) is 10.6 Å². The van der Waals surface area contributed by atoms with Crippen LogP contribution in [0.15, 0.2) is 18.2 Å². The standard InChI is InChI=1S/C16H26N4O2/c1-10(2)17-14(21)19-13-11(3)8-7-9-12(13)18-15(22)20-16(4,5)6/h7-10H,1-6H3,(H2,17,19,21)(H2,18,20,22). The number of carbonyl (C=O) groups excluding carboxylic acids is 2. The number of amides is 4. The van der Waals surface area contributed by atoms with Crippen molar-refractivity contribution in [2.45, 2.75) is 53.1 Å². The second kappa shape index (κ2) is 7.15. The third kappa shape index (κ3) is 6.03. The Bertz CT molecular complexity index is 548. The first-order valence-corrected chi connectivity index (χ1v) is 7.35. The average molecular weight is 306 g/mol. The van der Waals surface area contributed by atoms with Gasteiger partial charge in [0.2, 0.25) is 0 Å². The van der Waals surface area contributed by atoms with Crippen molar-refractivity contribution in [3.63, 3.8) is 0 Å². The molecular formula is C16H26N4O2. The smallest absolute Gasteiger partial charge is 0.319 e. The molecule has 0 radical (unpaired) electrons. The van der Waals surface area contributed by atoms with Gasteiger partial charge in [-0.3, -0.25) is 0 Å². The lowest BCUT2D eigenvalue weighted by Gasteiger charge is -2.22. The molecule has 6 nitrogen and oxygen atoms in total. The van der Waals surface area contributed by atoms with Gasteiger partial charge < -0.3 is 21.3 Å². The molecule has 0 bridgehead atoms. The van der Waals surface area contributed by atoms with Crippen LogP contribution in [-0.2, 0) is 0 Å². The molecule has 6 heteroatoms. The molecule has 122 valence electrons. The molecule has 0 fully saturated rings. The normalized spacial score (nSPS) is 11.0. The van der Waals surface area contributed by atoms with Crippen molar-refractivity contribution in [1.29, 1.82) is 0 Å². The third-order valence-electron chi connectivity index (χ3n) is 2.67. The van der Waals surface area contributed by atoms with E-state index in [2.05, 4.69) is 21.3 Å². The van der Waals surface area contributed by atoms with Gasteiger partial charge in [0.25, 0.3) is 0 Å². The summed E-state index contributed by atoms with van der Waals surface area (Å²) >= 11 is 0. The van der Waals surface area contributed by atoms with Crippen molar-refractivity contribution < 1.29 is 9.59 Å². The number of hydrogen-bond acceptors (Lipinski definition) is 2. The first kappa shape index (κ1) is 17.8. The number of carbonyl (C=O) groups is 2. The monoisotopic (exact) mass is 306 g/mol. The van der Waals surface area contributed by atoms with Crippen molar-refractivity contribution in [3.8, 4) is 0 Å². The van der Waals surface area contributed by atoms with E-state index in [-0.39, 0.29) is 23.6 Å². The van der Waals surface area contributed by atoms with Gasteiger partial charge in [-0.2, -0.15) is 0 Å². The maximum Gasteiger partial charge on any atom is 0.319 e. The fraction of sp³-hybridized carbons (Fsp3) is 0.500. The Balaban J connectivity index is 2.89. The van der Waals surface area contributed by atoms with Gasteiger partial charge in [0.1, 0.15) is 0 Å². The molecule has 0 heterocycles. The Hall–Kier alpha value is -2.24. The zero-order chi connectivity index (χ0) is 16.9. The maximum atomic E-state index is 12.0. The molecule has 0 aromatic heterocycles. The number of anilines is 2. The summed E-state index contributed by atoms with van der Waals surface area (Å²) in [6.07, 6.45) is 0. The maximum absolute atomic E-state index is 12.0. The van der Waals surface area contributed by atoms with Crippen LogP contribution in [0.5, 0.6) is 0 Å². The largest absolute Gasteiger partial charge is 0.336 e. The molecule has 1 aromatic carbocycles. The van der Waals surface area contributed by atoms with Crippen molar-refractivity contribution in [3.05, 3.63) is 23.8 Å². The summed E-state index contributed by atoms with van der Waals surface area (Å²) in [6, 6.07) is 4.87. The van der Waals surface area contributed by atoms with Gasteiger partial charge in [-0.15, -0.1) is 0 Å². The summed E-state index contributed by atoms with van der Waals surface area (Å²) in [6.45, 7) is 11.3.